The second-order valence-electron chi connectivity index (χ2n) is 7.50. The van der Waals surface area contributed by atoms with Gasteiger partial charge >= 0.3 is 0 Å². The van der Waals surface area contributed by atoms with E-state index in [9.17, 15) is 13.2 Å². The molecule has 12 heteroatoms. The number of alkyl halides is 2. The van der Waals surface area contributed by atoms with Crippen molar-refractivity contribution in [3.05, 3.63) is 72.7 Å². The Labute approximate surface area is 191 Å². The maximum absolute atomic E-state index is 14.2. The number of hydrogen-bond donors (Lipinski definition) is 1. The summed E-state index contributed by atoms with van der Waals surface area (Å²) in [5.74, 6) is -0.761. The van der Waals surface area contributed by atoms with Crippen molar-refractivity contribution in [1.29, 1.82) is 0 Å². The van der Waals surface area contributed by atoms with E-state index >= 15 is 0 Å². The molecule has 0 radical (unpaired) electrons. The first-order valence-electron chi connectivity index (χ1n) is 10.4. The van der Waals surface area contributed by atoms with Crippen LogP contribution in [0.1, 0.15) is 37.3 Å². The Hall–Kier alpha value is -4.35. The molecule has 9 nitrogen and oxygen atoms in total. The maximum atomic E-state index is 14.2. The summed E-state index contributed by atoms with van der Waals surface area (Å²) < 4.78 is 43.3. The van der Waals surface area contributed by atoms with Crippen molar-refractivity contribution in [2.24, 2.45) is 0 Å². The molecule has 5 aromatic rings. The summed E-state index contributed by atoms with van der Waals surface area (Å²) in [5.41, 5.74) is 8.62. The fourth-order valence-corrected chi connectivity index (χ4v) is 3.89. The molecule has 0 fully saturated rings. The Morgan fingerprint density at radius 3 is 2.50 bits per heavy atom. The molecule has 0 saturated heterocycles. The van der Waals surface area contributed by atoms with Gasteiger partial charge in [-0.3, -0.25) is 0 Å². The SMILES string of the molecule is CC[C@@H](c1cn(-c2ccccc2F)nn1)n1cc(-c2cnc(C(F)F)nc2)c2c(N)ncnc21. The molecule has 2 N–H and O–H groups in total. The van der Waals surface area contributed by atoms with Crippen LogP contribution >= 0.6 is 0 Å². The topological polar surface area (TPSA) is 113 Å². The lowest BCUT2D eigenvalue weighted by atomic mass is 10.1. The van der Waals surface area contributed by atoms with Crippen LogP contribution in [0.15, 0.2) is 55.4 Å². The molecule has 4 aromatic heterocycles. The average molecular weight is 465 g/mol. The third-order valence-corrected chi connectivity index (χ3v) is 5.49. The molecule has 0 aliphatic rings. The lowest BCUT2D eigenvalue weighted by Gasteiger charge is -2.15. The molecule has 172 valence electrons. The van der Waals surface area contributed by atoms with Crippen LogP contribution in [0, 0.1) is 5.82 Å². The minimum atomic E-state index is -2.77. The number of nitrogens with two attached hydrogens (primary N) is 1. The van der Waals surface area contributed by atoms with E-state index in [2.05, 4.69) is 30.2 Å². The van der Waals surface area contributed by atoms with Crippen molar-refractivity contribution in [1.82, 2.24) is 39.5 Å². The van der Waals surface area contributed by atoms with Crippen LogP contribution in [-0.2, 0) is 0 Å². The van der Waals surface area contributed by atoms with Crippen molar-refractivity contribution >= 4 is 16.9 Å². The second kappa shape index (κ2) is 8.54. The molecular weight excluding hydrogens is 447 g/mol. The Kier molecular flexibility index (Phi) is 5.40. The van der Waals surface area contributed by atoms with Gasteiger partial charge in [0.25, 0.3) is 6.43 Å². The van der Waals surface area contributed by atoms with Gasteiger partial charge in [0, 0.05) is 29.7 Å². The lowest BCUT2D eigenvalue weighted by Crippen LogP contribution is -2.10. The van der Waals surface area contributed by atoms with E-state index < -0.39 is 18.1 Å². The second-order valence-corrected chi connectivity index (χ2v) is 7.50. The zero-order chi connectivity index (χ0) is 23.8. The summed E-state index contributed by atoms with van der Waals surface area (Å²) in [4.78, 5) is 16.0. The number of para-hydroxylation sites is 1. The normalized spacial score (nSPS) is 12.5. The van der Waals surface area contributed by atoms with Crippen LogP contribution in [-0.4, -0.2) is 39.5 Å². The number of benzene rings is 1. The summed E-state index contributed by atoms with van der Waals surface area (Å²) in [6, 6.07) is 5.94. The highest BCUT2D eigenvalue weighted by atomic mass is 19.3. The number of rotatable bonds is 6. The van der Waals surface area contributed by atoms with E-state index in [-0.39, 0.29) is 17.5 Å². The molecule has 1 atom stereocenters. The summed E-state index contributed by atoms with van der Waals surface area (Å²) in [6.07, 6.45) is 5.24. The van der Waals surface area contributed by atoms with Crippen LogP contribution in [0.2, 0.25) is 0 Å². The number of hydrogen-bond acceptors (Lipinski definition) is 7. The fraction of sp³-hybridized carbons (Fsp3) is 0.182. The quantitative estimate of drug-likeness (QED) is 0.401. The van der Waals surface area contributed by atoms with E-state index in [4.69, 9.17) is 5.73 Å². The summed E-state index contributed by atoms with van der Waals surface area (Å²) in [6.45, 7) is 1.96. The number of nitrogens with zero attached hydrogens (tertiary/aromatic N) is 8. The van der Waals surface area contributed by atoms with E-state index in [1.54, 1.807) is 30.6 Å². The average Bonchev–Trinajstić information content (AvgIpc) is 3.47. The molecule has 5 rings (SSSR count). The molecule has 0 unspecified atom stereocenters. The van der Waals surface area contributed by atoms with Crippen molar-refractivity contribution in [3.8, 4) is 16.8 Å². The van der Waals surface area contributed by atoms with Gasteiger partial charge in [0.2, 0.25) is 0 Å². The van der Waals surface area contributed by atoms with Gasteiger partial charge in [-0.1, -0.05) is 24.3 Å². The molecule has 0 amide bonds. The number of nitrogen functional groups attached to an aromatic ring is 1. The predicted molar refractivity (Wildman–Crippen MR) is 118 cm³/mol. The molecule has 4 heterocycles. The van der Waals surface area contributed by atoms with Crippen LogP contribution in [0.3, 0.4) is 0 Å². The third kappa shape index (κ3) is 3.62. The zero-order valence-electron chi connectivity index (χ0n) is 17.8. The Bertz CT molecular complexity index is 1460. The van der Waals surface area contributed by atoms with Gasteiger partial charge in [-0.25, -0.2) is 37.8 Å². The molecule has 1 aromatic carbocycles. The largest absolute Gasteiger partial charge is 0.383 e. The van der Waals surface area contributed by atoms with Gasteiger partial charge in [-0.05, 0) is 18.6 Å². The van der Waals surface area contributed by atoms with E-state index in [1.165, 1.54) is 29.5 Å². The van der Waals surface area contributed by atoms with Gasteiger partial charge in [-0.15, -0.1) is 5.10 Å². The minimum Gasteiger partial charge on any atom is -0.383 e. The first kappa shape index (κ1) is 21.5. The van der Waals surface area contributed by atoms with Crippen molar-refractivity contribution < 1.29 is 13.2 Å². The molecule has 0 spiro atoms. The van der Waals surface area contributed by atoms with E-state index in [0.717, 1.165) is 0 Å². The maximum Gasteiger partial charge on any atom is 0.297 e. The number of fused-ring (bicyclic) bond motifs is 1. The fourth-order valence-electron chi connectivity index (χ4n) is 3.89. The van der Waals surface area contributed by atoms with Crippen molar-refractivity contribution in [2.45, 2.75) is 25.8 Å². The predicted octanol–water partition coefficient (Wildman–Crippen LogP) is 4.13. The summed E-state index contributed by atoms with van der Waals surface area (Å²) in [7, 11) is 0. The molecule has 0 saturated carbocycles. The first-order chi connectivity index (χ1) is 16.5. The standard InChI is InChI=1S/C22H18F3N9/c1-2-16(15-10-34(32-31-15)17-6-4-3-5-14(17)23)33-9-13(18-20(26)29-11-30-22(18)33)12-7-27-21(19(24)25)28-8-12/h3-11,16,19H,2H2,1H3,(H2,26,29,30)/t16-/m0/s1. The van der Waals surface area contributed by atoms with Crippen LogP contribution in [0.5, 0.6) is 0 Å². The number of halogens is 3. The summed E-state index contributed by atoms with van der Waals surface area (Å²) in [5, 5.41) is 8.90. The first-order valence-corrected chi connectivity index (χ1v) is 10.4. The van der Waals surface area contributed by atoms with Crippen molar-refractivity contribution in [2.75, 3.05) is 5.73 Å². The molecular formula is C22H18F3N9. The third-order valence-electron chi connectivity index (χ3n) is 5.49. The van der Waals surface area contributed by atoms with Crippen LogP contribution < -0.4 is 5.73 Å². The Morgan fingerprint density at radius 1 is 1.03 bits per heavy atom. The smallest absolute Gasteiger partial charge is 0.297 e. The number of aromatic nitrogens is 8. The Balaban J connectivity index is 1.62. The van der Waals surface area contributed by atoms with E-state index in [0.29, 0.717) is 34.3 Å². The van der Waals surface area contributed by atoms with Gasteiger partial charge in [0.05, 0.1) is 17.6 Å². The zero-order valence-corrected chi connectivity index (χ0v) is 17.8. The molecule has 0 aliphatic carbocycles. The highest BCUT2D eigenvalue weighted by Crippen LogP contribution is 2.36. The highest BCUT2D eigenvalue weighted by molar-refractivity contribution is 6.00. The molecule has 34 heavy (non-hydrogen) atoms. The number of anilines is 1. The van der Waals surface area contributed by atoms with Gasteiger partial charge in [-0.2, -0.15) is 0 Å². The summed E-state index contributed by atoms with van der Waals surface area (Å²) >= 11 is 0. The lowest BCUT2D eigenvalue weighted by molar-refractivity contribution is 0.140. The molecule has 0 bridgehead atoms. The van der Waals surface area contributed by atoms with Crippen LogP contribution in [0.4, 0.5) is 19.0 Å². The van der Waals surface area contributed by atoms with Crippen LogP contribution in [0.25, 0.3) is 27.8 Å². The van der Waals surface area contributed by atoms with Crippen molar-refractivity contribution in [3.63, 3.8) is 0 Å². The monoisotopic (exact) mass is 465 g/mol. The Morgan fingerprint density at radius 2 is 1.79 bits per heavy atom. The van der Waals surface area contributed by atoms with E-state index in [1.807, 2.05) is 11.5 Å². The molecule has 0 aliphatic heterocycles. The van der Waals surface area contributed by atoms with Gasteiger partial charge in [0.1, 0.15) is 35.0 Å². The van der Waals surface area contributed by atoms with Gasteiger partial charge < -0.3 is 10.3 Å². The highest BCUT2D eigenvalue weighted by Gasteiger charge is 2.24. The van der Waals surface area contributed by atoms with Gasteiger partial charge in [0.15, 0.2) is 5.82 Å². The minimum absolute atomic E-state index is 0.224.